The van der Waals surface area contributed by atoms with E-state index in [2.05, 4.69) is 46.4 Å². The largest absolute Gasteiger partial charge is 0.497 e. The molecular formula is C29H36N2O6S. The summed E-state index contributed by atoms with van der Waals surface area (Å²) in [5, 5.41) is 3.19. The second-order valence-electron chi connectivity index (χ2n) is 8.73. The molecule has 0 aliphatic heterocycles. The molecule has 0 unspecified atom stereocenters. The third kappa shape index (κ3) is 9.39. The quantitative estimate of drug-likeness (QED) is 0.263. The summed E-state index contributed by atoms with van der Waals surface area (Å²) in [5.41, 5.74) is 2.53. The summed E-state index contributed by atoms with van der Waals surface area (Å²) >= 11 is 0. The summed E-state index contributed by atoms with van der Waals surface area (Å²) < 4.78 is 43.4. The first-order valence-electron chi connectivity index (χ1n) is 12.7. The Kier molecular flexibility index (Phi) is 11.4. The van der Waals surface area contributed by atoms with E-state index in [1.54, 1.807) is 6.07 Å². The predicted molar refractivity (Wildman–Crippen MR) is 147 cm³/mol. The number of hydrogen-bond donors (Lipinski definition) is 2. The van der Waals surface area contributed by atoms with E-state index in [9.17, 15) is 13.2 Å². The molecule has 0 saturated heterocycles. The van der Waals surface area contributed by atoms with E-state index in [1.165, 1.54) is 37.5 Å². The van der Waals surface area contributed by atoms with Crippen LogP contribution in [0.5, 0.6) is 17.2 Å². The molecule has 0 atom stereocenters. The summed E-state index contributed by atoms with van der Waals surface area (Å²) in [7, 11) is -1.29. The number of benzene rings is 3. The Morgan fingerprint density at radius 1 is 0.789 bits per heavy atom. The smallest absolute Gasteiger partial charge is 0.267 e. The Labute approximate surface area is 225 Å². The second-order valence-corrected chi connectivity index (χ2v) is 10.4. The van der Waals surface area contributed by atoms with Crippen LogP contribution >= 0.6 is 0 Å². The first-order valence-corrected chi connectivity index (χ1v) is 14.1. The van der Waals surface area contributed by atoms with Gasteiger partial charge in [-0.25, -0.2) is 13.1 Å². The van der Waals surface area contributed by atoms with Crippen LogP contribution in [0.2, 0.25) is 0 Å². The highest BCUT2D eigenvalue weighted by Crippen LogP contribution is 2.28. The van der Waals surface area contributed by atoms with Crippen molar-refractivity contribution in [3.8, 4) is 17.2 Å². The van der Waals surface area contributed by atoms with Crippen LogP contribution in [0.25, 0.3) is 0 Å². The van der Waals surface area contributed by atoms with Crippen molar-refractivity contribution in [3.05, 3.63) is 83.9 Å². The lowest BCUT2D eigenvalue weighted by molar-refractivity contribution is -0.119. The minimum absolute atomic E-state index is 0.0296. The first kappa shape index (κ1) is 29.0. The van der Waals surface area contributed by atoms with Crippen LogP contribution in [0.3, 0.4) is 0 Å². The van der Waals surface area contributed by atoms with Gasteiger partial charge in [0, 0.05) is 19.0 Å². The topological polar surface area (TPSA) is 103 Å². The number of hydrogen-bond acceptors (Lipinski definition) is 7. The van der Waals surface area contributed by atoms with Crippen LogP contribution in [0.1, 0.15) is 30.4 Å². The van der Waals surface area contributed by atoms with E-state index in [-0.39, 0.29) is 17.1 Å². The van der Waals surface area contributed by atoms with Gasteiger partial charge in [0.2, 0.25) is 5.91 Å². The molecule has 0 bridgehead atoms. The fourth-order valence-corrected chi connectivity index (χ4v) is 5.06. The van der Waals surface area contributed by atoms with Crippen LogP contribution in [-0.2, 0) is 27.7 Å². The van der Waals surface area contributed by atoms with Gasteiger partial charge in [-0.1, -0.05) is 42.5 Å². The normalized spacial score (nSPS) is 11.1. The van der Waals surface area contributed by atoms with E-state index < -0.39 is 15.9 Å². The molecule has 0 aliphatic carbocycles. The molecule has 9 heteroatoms. The van der Waals surface area contributed by atoms with Crippen molar-refractivity contribution in [2.24, 2.45) is 0 Å². The van der Waals surface area contributed by atoms with Gasteiger partial charge in [-0.15, -0.1) is 0 Å². The molecule has 204 valence electrons. The zero-order valence-electron chi connectivity index (χ0n) is 21.9. The number of carbonyl (C=O) groups is 1. The highest BCUT2D eigenvalue weighted by atomic mass is 32.2. The molecule has 1 amide bonds. The number of amides is 1. The average molecular weight is 541 g/mol. The molecule has 0 radical (unpaired) electrons. The molecule has 0 spiro atoms. The highest BCUT2D eigenvalue weighted by Gasteiger charge is 2.22. The molecule has 2 N–H and O–H groups in total. The Bertz CT molecular complexity index is 1250. The van der Waals surface area contributed by atoms with Crippen molar-refractivity contribution < 1.29 is 27.4 Å². The number of methoxy groups -OCH3 is 2. The van der Waals surface area contributed by atoms with Crippen LogP contribution in [0.4, 0.5) is 0 Å². The van der Waals surface area contributed by atoms with E-state index in [0.29, 0.717) is 25.4 Å². The zero-order valence-corrected chi connectivity index (χ0v) is 22.8. The number of ether oxygens (including phenoxy) is 3. The lowest BCUT2D eigenvalue weighted by Crippen LogP contribution is -2.33. The third-order valence-corrected chi connectivity index (χ3v) is 7.30. The Morgan fingerprint density at radius 2 is 1.47 bits per heavy atom. The molecule has 0 aromatic heterocycles. The van der Waals surface area contributed by atoms with Crippen molar-refractivity contribution >= 4 is 15.9 Å². The molecule has 8 nitrogen and oxygen atoms in total. The van der Waals surface area contributed by atoms with Gasteiger partial charge in [-0.3, -0.25) is 4.79 Å². The van der Waals surface area contributed by atoms with Crippen LogP contribution in [0.15, 0.2) is 77.7 Å². The molecule has 0 fully saturated rings. The van der Waals surface area contributed by atoms with Gasteiger partial charge in [-0.05, 0) is 67.6 Å². The van der Waals surface area contributed by atoms with Crippen molar-refractivity contribution in [2.45, 2.75) is 37.0 Å². The van der Waals surface area contributed by atoms with E-state index in [0.717, 1.165) is 31.4 Å². The van der Waals surface area contributed by atoms with E-state index in [1.807, 2.05) is 18.2 Å². The van der Waals surface area contributed by atoms with Gasteiger partial charge in [0.05, 0.1) is 20.8 Å². The Hall–Kier alpha value is -3.56. The number of aryl methyl sites for hydroxylation is 2. The van der Waals surface area contributed by atoms with Gasteiger partial charge < -0.3 is 19.5 Å². The van der Waals surface area contributed by atoms with E-state index >= 15 is 0 Å². The summed E-state index contributed by atoms with van der Waals surface area (Å²) in [5.74, 6) is 0.752. The minimum atomic E-state index is -4.08. The van der Waals surface area contributed by atoms with Gasteiger partial charge in [-0.2, -0.15) is 0 Å². The monoisotopic (exact) mass is 540 g/mol. The van der Waals surface area contributed by atoms with Gasteiger partial charge in [0.15, 0.2) is 0 Å². The maximum Gasteiger partial charge on any atom is 0.267 e. The Morgan fingerprint density at radius 3 is 2.18 bits per heavy atom. The maximum absolute atomic E-state index is 12.6. The summed E-state index contributed by atoms with van der Waals surface area (Å²) in [6, 6.07) is 22.9. The third-order valence-electron chi connectivity index (χ3n) is 5.90. The highest BCUT2D eigenvalue weighted by molar-refractivity contribution is 7.90. The molecule has 3 aromatic rings. The Balaban J connectivity index is 1.30. The fraction of sp³-hybridized carbons (Fsp3) is 0.345. The zero-order chi connectivity index (χ0) is 27.2. The maximum atomic E-state index is 12.6. The summed E-state index contributed by atoms with van der Waals surface area (Å²) in [4.78, 5) is 12.1. The number of carbonyl (C=O) groups excluding carboxylic acids is 1. The standard InChI is InChI=1S/C29H36N2O6S/c1-35-26-16-17-27(36-2)28(22-26)38(33,34)31-29(32)18-20-30-19-6-10-24-12-14-25(15-13-24)37-21-7-11-23-8-4-3-5-9-23/h3-5,8-9,12-17,22,30H,6-7,10-11,18-21H2,1-2H3,(H,31,32). The van der Waals surface area contributed by atoms with Gasteiger partial charge in [0.25, 0.3) is 10.0 Å². The lowest BCUT2D eigenvalue weighted by Gasteiger charge is -2.12. The van der Waals surface area contributed by atoms with Crippen LogP contribution < -0.4 is 24.2 Å². The lowest BCUT2D eigenvalue weighted by atomic mass is 10.1. The molecular weight excluding hydrogens is 504 g/mol. The second kappa shape index (κ2) is 15.0. The predicted octanol–water partition coefficient (Wildman–Crippen LogP) is 4.13. The molecule has 0 heterocycles. The van der Waals surface area contributed by atoms with Crippen molar-refractivity contribution in [2.75, 3.05) is 33.9 Å². The fourth-order valence-electron chi connectivity index (χ4n) is 3.86. The molecule has 0 saturated carbocycles. The number of nitrogens with one attached hydrogen (secondary N) is 2. The molecule has 38 heavy (non-hydrogen) atoms. The summed E-state index contributed by atoms with van der Waals surface area (Å²) in [6.45, 7) is 1.76. The minimum Gasteiger partial charge on any atom is -0.497 e. The van der Waals surface area contributed by atoms with Gasteiger partial charge >= 0.3 is 0 Å². The molecule has 3 rings (SSSR count). The van der Waals surface area contributed by atoms with Crippen molar-refractivity contribution in [1.82, 2.24) is 10.0 Å². The van der Waals surface area contributed by atoms with E-state index in [4.69, 9.17) is 14.2 Å². The van der Waals surface area contributed by atoms with Gasteiger partial charge in [0.1, 0.15) is 22.1 Å². The number of rotatable bonds is 16. The molecule has 0 aliphatic rings. The van der Waals surface area contributed by atoms with Crippen LogP contribution in [-0.4, -0.2) is 48.2 Å². The first-order chi connectivity index (χ1) is 18.4. The van der Waals surface area contributed by atoms with Crippen molar-refractivity contribution in [3.63, 3.8) is 0 Å². The van der Waals surface area contributed by atoms with Crippen molar-refractivity contribution in [1.29, 1.82) is 0 Å². The SMILES string of the molecule is COc1ccc(OC)c(S(=O)(=O)NC(=O)CCNCCCc2ccc(OCCCc3ccccc3)cc2)c1. The molecule has 3 aromatic carbocycles. The summed E-state index contributed by atoms with van der Waals surface area (Å²) in [6.07, 6.45) is 3.77. The average Bonchev–Trinajstić information content (AvgIpc) is 2.93. The number of sulfonamides is 1. The van der Waals surface area contributed by atoms with Crippen LogP contribution in [0, 0.1) is 0 Å².